The van der Waals surface area contributed by atoms with E-state index in [0.29, 0.717) is 45.3 Å². The van der Waals surface area contributed by atoms with E-state index in [1.165, 1.54) is 7.11 Å². The molecule has 2 aliphatic heterocycles. The van der Waals surface area contributed by atoms with Gasteiger partial charge < -0.3 is 23.7 Å². The highest BCUT2D eigenvalue weighted by Gasteiger charge is 2.39. The smallest absolute Gasteiger partial charge is 0.343 e. The Labute approximate surface area is 207 Å². The van der Waals surface area contributed by atoms with Gasteiger partial charge in [-0.05, 0) is 30.3 Å². The number of benzene rings is 3. The van der Waals surface area contributed by atoms with Gasteiger partial charge in [-0.3, -0.25) is 9.59 Å². The summed E-state index contributed by atoms with van der Waals surface area (Å²) in [6, 6.07) is 17.6. The van der Waals surface area contributed by atoms with E-state index < -0.39 is 17.9 Å². The number of ether oxygens (including phenoxy) is 5. The summed E-state index contributed by atoms with van der Waals surface area (Å²) in [5.74, 6) is 0.0199. The van der Waals surface area contributed by atoms with E-state index in [-0.39, 0.29) is 24.6 Å². The monoisotopic (exact) mass is 486 g/mol. The fourth-order valence-corrected chi connectivity index (χ4v) is 4.39. The van der Waals surface area contributed by atoms with Crippen LogP contribution in [0.3, 0.4) is 0 Å². The maximum atomic E-state index is 13.3. The number of fused-ring (bicyclic) bond motifs is 3. The van der Waals surface area contributed by atoms with Gasteiger partial charge >= 0.3 is 11.9 Å². The van der Waals surface area contributed by atoms with E-state index in [1.807, 2.05) is 24.3 Å². The Hall–Kier alpha value is -4.59. The minimum absolute atomic E-state index is 0.00512. The molecule has 36 heavy (non-hydrogen) atoms. The number of hydrogen-bond acceptors (Lipinski definition) is 8. The second-order valence-corrected chi connectivity index (χ2v) is 8.17. The lowest BCUT2D eigenvalue weighted by molar-refractivity contribution is -0.143. The van der Waals surface area contributed by atoms with Gasteiger partial charge in [-0.2, -0.15) is 0 Å². The van der Waals surface area contributed by atoms with E-state index in [1.54, 1.807) is 49.6 Å². The van der Waals surface area contributed by atoms with Gasteiger partial charge in [0.05, 0.1) is 26.2 Å². The molecule has 1 atom stereocenters. The van der Waals surface area contributed by atoms with Gasteiger partial charge in [0.1, 0.15) is 23.0 Å². The second kappa shape index (κ2) is 9.58. The van der Waals surface area contributed by atoms with Gasteiger partial charge in [-0.15, -0.1) is 0 Å². The van der Waals surface area contributed by atoms with Crippen LogP contribution in [-0.2, 0) is 14.3 Å². The van der Waals surface area contributed by atoms with Crippen LogP contribution in [0.4, 0.5) is 0 Å². The van der Waals surface area contributed by atoms with Gasteiger partial charge in [0.2, 0.25) is 5.78 Å². The molecular formula is C28H22O8. The highest BCUT2D eigenvalue weighted by Crippen LogP contribution is 2.50. The first-order valence-corrected chi connectivity index (χ1v) is 11.2. The lowest BCUT2D eigenvalue weighted by Crippen LogP contribution is -2.22. The molecule has 0 aromatic heterocycles. The third-order valence-electron chi connectivity index (χ3n) is 6.07. The maximum absolute atomic E-state index is 13.3. The zero-order valence-electron chi connectivity index (χ0n) is 19.6. The predicted octanol–water partition coefficient (Wildman–Crippen LogP) is 4.30. The van der Waals surface area contributed by atoms with Crippen molar-refractivity contribution >= 4 is 23.8 Å². The normalized spacial score (nSPS) is 17.1. The Kier molecular flexibility index (Phi) is 6.16. The summed E-state index contributed by atoms with van der Waals surface area (Å²) in [5.41, 5.74) is 2.28. The molecule has 5 rings (SSSR count). The molecule has 0 N–H and O–H groups in total. The number of hydrogen-bond donors (Lipinski definition) is 0. The van der Waals surface area contributed by atoms with Crippen molar-refractivity contribution in [1.82, 2.24) is 0 Å². The van der Waals surface area contributed by atoms with Gasteiger partial charge in [-0.1, -0.05) is 36.4 Å². The number of esters is 2. The lowest BCUT2D eigenvalue weighted by Gasteiger charge is -2.27. The second-order valence-electron chi connectivity index (χ2n) is 8.17. The maximum Gasteiger partial charge on any atom is 0.343 e. The summed E-state index contributed by atoms with van der Waals surface area (Å²) < 4.78 is 27.4. The topological polar surface area (TPSA) is 97.4 Å². The minimum atomic E-state index is -0.533. The molecule has 0 unspecified atom stereocenters. The predicted molar refractivity (Wildman–Crippen MR) is 128 cm³/mol. The van der Waals surface area contributed by atoms with Crippen LogP contribution in [0.25, 0.3) is 6.08 Å². The SMILES string of the molecule is COC(=O)COc1ccccc1[C@@H]1CC(=O)Oc2ccc3c(c21)O/C(=C\c1ccccc1OC)C3=O. The van der Waals surface area contributed by atoms with Crippen LogP contribution in [-0.4, -0.2) is 38.5 Å². The molecule has 0 fully saturated rings. The van der Waals surface area contributed by atoms with E-state index in [9.17, 15) is 14.4 Å². The molecule has 0 aliphatic carbocycles. The van der Waals surface area contributed by atoms with Crippen LogP contribution >= 0.6 is 0 Å². The third-order valence-corrected chi connectivity index (χ3v) is 6.07. The molecule has 3 aromatic carbocycles. The van der Waals surface area contributed by atoms with Crippen molar-refractivity contribution in [2.45, 2.75) is 12.3 Å². The Balaban J connectivity index is 1.58. The van der Waals surface area contributed by atoms with Crippen LogP contribution in [0.2, 0.25) is 0 Å². The van der Waals surface area contributed by atoms with Crippen molar-refractivity contribution in [1.29, 1.82) is 0 Å². The zero-order chi connectivity index (χ0) is 25.2. The Bertz CT molecular complexity index is 1400. The minimum Gasteiger partial charge on any atom is -0.496 e. The summed E-state index contributed by atoms with van der Waals surface area (Å²) in [7, 11) is 2.83. The molecular weight excluding hydrogens is 464 g/mol. The molecule has 182 valence electrons. The van der Waals surface area contributed by atoms with E-state index >= 15 is 0 Å². The Morgan fingerprint density at radius 3 is 2.50 bits per heavy atom. The molecule has 0 amide bonds. The van der Waals surface area contributed by atoms with Gasteiger partial charge in [0.25, 0.3) is 0 Å². The number of carbonyl (C=O) groups excluding carboxylic acids is 3. The molecule has 8 nitrogen and oxygen atoms in total. The van der Waals surface area contributed by atoms with Crippen LogP contribution in [0.5, 0.6) is 23.0 Å². The average Bonchev–Trinajstić information content (AvgIpc) is 3.22. The van der Waals surface area contributed by atoms with Crippen LogP contribution in [0.15, 0.2) is 66.4 Å². The number of methoxy groups -OCH3 is 2. The number of Topliss-reactive ketones (excluding diaryl/α,β-unsaturated/α-hetero) is 1. The number of carbonyl (C=O) groups is 3. The van der Waals surface area contributed by atoms with Crippen LogP contribution in [0.1, 0.15) is 39.4 Å². The molecule has 3 aromatic rings. The van der Waals surface area contributed by atoms with Crippen LogP contribution < -0.4 is 18.9 Å². The number of ketones is 1. The van der Waals surface area contributed by atoms with Crippen molar-refractivity contribution in [2.24, 2.45) is 0 Å². The standard InChI is InChI=1S/C28H22O8/c1-32-20-9-5-3-7-16(20)13-23-27(31)18-11-12-22-26(28(18)36-23)19(14-24(29)35-22)17-8-4-6-10-21(17)34-15-25(30)33-2/h3-13,19H,14-15H2,1-2H3/b23-13-/t19-/m0/s1. The number of para-hydroxylation sites is 2. The summed E-state index contributed by atoms with van der Waals surface area (Å²) in [6.07, 6.45) is 1.63. The van der Waals surface area contributed by atoms with E-state index in [0.717, 1.165) is 0 Å². The Morgan fingerprint density at radius 2 is 1.72 bits per heavy atom. The Morgan fingerprint density at radius 1 is 0.972 bits per heavy atom. The number of rotatable bonds is 6. The van der Waals surface area contributed by atoms with Gasteiger partial charge in [0.15, 0.2) is 12.4 Å². The van der Waals surface area contributed by atoms with Crippen molar-refractivity contribution in [3.8, 4) is 23.0 Å². The van der Waals surface area contributed by atoms with Gasteiger partial charge in [-0.25, -0.2) is 4.79 Å². The zero-order valence-corrected chi connectivity index (χ0v) is 19.6. The molecule has 8 heteroatoms. The third kappa shape index (κ3) is 4.17. The first kappa shape index (κ1) is 23.2. The largest absolute Gasteiger partial charge is 0.496 e. The lowest BCUT2D eigenvalue weighted by atomic mass is 9.84. The van der Waals surface area contributed by atoms with E-state index in [2.05, 4.69) is 4.74 Å². The van der Waals surface area contributed by atoms with Gasteiger partial charge in [0, 0.05) is 22.6 Å². The van der Waals surface area contributed by atoms with Crippen LogP contribution in [0, 0.1) is 0 Å². The quantitative estimate of drug-likeness (QED) is 0.289. The first-order valence-electron chi connectivity index (χ1n) is 11.2. The molecule has 0 saturated carbocycles. The highest BCUT2D eigenvalue weighted by molar-refractivity contribution is 6.15. The summed E-state index contributed by atoms with van der Waals surface area (Å²) in [5, 5.41) is 0. The average molecular weight is 486 g/mol. The van der Waals surface area contributed by atoms with Crippen molar-refractivity contribution in [2.75, 3.05) is 20.8 Å². The molecule has 0 bridgehead atoms. The first-order chi connectivity index (χ1) is 17.5. The summed E-state index contributed by atoms with van der Waals surface area (Å²) in [6.45, 7) is -0.286. The highest BCUT2D eigenvalue weighted by atomic mass is 16.6. The van der Waals surface area contributed by atoms with Crippen molar-refractivity contribution in [3.05, 3.63) is 88.7 Å². The molecule has 0 spiro atoms. The van der Waals surface area contributed by atoms with E-state index in [4.69, 9.17) is 18.9 Å². The molecule has 0 saturated heterocycles. The van der Waals surface area contributed by atoms with Crippen molar-refractivity contribution < 1.29 is 38.1 Å². The molecule has 2 aliphatic rings. The van der Waals surface area contributed by atoms with Crippen molar-refractivity contribution in [3.63, 3.8) is 0 Å². The fraction of sp³-hybridized carbons (Fsp3) is 0.179. The summed E-state index contributed by atoms with van der Waals surface area (Å²) >= 11 is 0. The summed E-state index contributed by atoms with van der Waals surface area (Å²) in [4.78, 5) is 37.4. The number of allylic oxidation sites excluding steroid dienone is 1. The fourth-order valence-electron chi connectivity index (χ4n) is 4.39. The molecule has 2 heterocycles. The molecule has 0 radical (unpaired) electrons.